The van der Waals surface area contributed by atoms with Gasteiger partial charge in [-0.15, -0.1) is 0 Å². The number of anilines is 1. The third-order valence-electron chi connectivity index (χ3n) is 6.70. The molecule has 4 aromatic rings. The van der Waals surface area contributed by atoms with Gasteiger partial charge in [0.05, 0.1) is 23.3 Å². The highest BCUT2D eigenvalue weighted by atomic mass is 16.5. The van der Waals surface area contributed by atoms with Gasteiger partial charge >= 0.3 is 5.97 Å². The Morgan fingerprint density at radius 2 is 1.81 bits per heavy atom. The van der Waals surface area contributed by atoms with Crippen LogP contribution in [0.15, 0.2) is 78.9 Å². The number of pyridine rings is 1. The lowest BCUT2D eigenvalue weighted by molar-refractivity contribution is -0.139. The molecular formula is C30H30N2O5. The highest BCUT2D eigenvalue weighted by molar-refractivity contribution is 5.78. The zero-order valence-corrected chi connectivity index (χ0v) is 20.9. The van der Waals surface area contributed by atoms with Gasteiger partial charge in [-0.25, -0.2) is 4.98 Å². The van der Waals surface area contributed by atoms with Crippen molar-refractivity contribution < 1.29 is 24.1 Å². The maximum Gasteiger partial charge on any atom is 0.303 e. The molecule has 2 N–H and O–H groups in total. The summed E-state index contributed by atoms with van der Waals surface area (Å²) in [5.41, 5.74) is 2.84. The number of rotatable bonds is 10. The van der Waals surface area contributed by atoms with E-state index in [9.17, 15) is 9.90 Å². The van der Waals surface area contributed by atoms with Crippen molar-refractivity contribution in [3.05, 3.63) is 90.1 Å². The van der Waals surface area contributed by atoms with E-state index in [0.717, 1.165) is 33.6 Å². The Kier molecular flexibility index (Phi) is 6.86. The fourth-order valence-corrected chi connectivity index (χ4v) is 4.66. The monoisotopic (exact) mass is 498 g/mol. The van der Waals surface area contributed by atoms with Gasteiger partial charge in [0.25, 0.3) is 0 Å². The number of nitrogens with one attached hydrogen (secondary N) is 1. The van der Waals surface area contributed by atoms with Crippen LogP contribution in [-0.4, -0.2) is 21.8 Å². The normalized spacial score (nSPS) is 16.9. The molecule has 0 fully saturated rings. The number of hydrogen-bond donors (Lipinski definition) is 2. The van der Waals surface area contributed by atoms with Crippen LogP contribution in [0.1, 0.15) is 37.9 Å². The van der Waals surface area contributed by atoms with Gasteiger partial charge in [0.2, 0.25) is 0 Å². The van der Waals surface area contributed by atoms with E-state index in [4.69, 9.17) is 14.2 Å². The maximum atomic E-state index is 11.3. The molecule has 0 aliphatic carbocycles. The molecule has 5 rings (SSSR count). The van der Waals surface area contributed by atoms with Crippen molar-refractivity contribution >= 4 is 22.6 Å². The minimum Gasteiger partial charge on any atom is -0.489 e. The largest absolute Gasteiger partial charge is 0.489 e. The summed E-state index contributed by atoms with van der Waals surface area (Å²) < 4.78 is 18.2. The smallest absolute Gasteiger partial charge is 0.303 e. The number of carboxylic acids is 1. The molecule has 37 heavy (non-hydrogen) atoms. The zero-order chi connectivity index (χ0) is 25.8. The average Bonchev–Trinajstić information content (AvgIpc) is 3.25. The molecule has 1 aromatic heterocycles. The number of hydrogen-bond acceptors (Lipinski definition) is 6. The molecule has 2 unspecified atom stereocenters. The number of benzene rings is 3. The fourth-order valence-electron chi connectivity index (χ4n) is 4.66. The first-order valence-electron chi connectivity index (χ1n) is 12.4. The third kappa shape index (κ3) is 5.61. The van der Waals surface area contributed by atoms with Crippen molar-refractivity contribution in [1.29, 1.82) is 0 Å². The lowest BCUT2D eigenvalue weighted by Gasteiger charge is -2.32. The summed E-state index contributed by atoms with van der Waals surface area (Å²) >= 11 is 0. The first-order chi connectivity index (χ1) is 17.9. The summed E-state index contributed by atoms with van der Waals surface area (Å²) in [6.07, 6.45) is 0.717. The molecule has 7 heteroatoms. The van der Waals surface area contributed by atoms with Crippen molar-refractivity contribution in [2.24, 2.45) is 5.92 Å². The van der Waals surface area contributed by atoms with Gasteiger partial charge in [-0.05, 0) is 55.3 Å². The Hall–Kier alpha value is -4.26. The van der Waals surface area contributed by atoms with Crippen molar-refractivity contribution in [3.63, 3.8) is 0 Å². The molecular weight excluding hydrogens is 468 g/mol. The van der Waals surface area contributed by atoms with Crippen LogP contribution in [0.3, 0.4) is 0 Å². The summed E-state index contributed by atoms with van der Waals surface area (Å²) in [4.78, 5) is 15.9. The van der Waals surface area contributed by atoms with E-state index >= 15 is 0 Å². The van der Waals surface area contributed by atoms with Crippen LogP contribution in [0.5, 0.6) is 17.2 Å². The highest BCUT2D eigenvalue weighted by Gasteiger charge is 2.41. The molecule has 190 valence electrons. The van der Waals surface area contributed by atoms with E-state index in [-0.39, 0.29) is 12.3 Å². The number of aliphatic carboxylic acids is 1. The van der Waals surface area contributed by atoms with Gasteiger partial charge in [-0.3, -0.25) is 4.79 Å². The molecule has 0 saturated heterocycles. The molecule has 3 aromatic carbocycles. The van der Waals surface area contributed by atoms with Crippen molar-refractivity contribution in [2.45, 2.75) is 45.6 Å². The molecule has 0 saturated carbocycles. The Labute approximate surface area is 216 Å². The summed E-state index contributed by atoms with van der Waals surface area (Å²) in [6.45, 7) is 4.61. The SMILES string of the molecule is CCC(CC(=O)O)C1(C)Nc2ccc(OCc3cccc(OCc4ccc5ccccc5n4)c3)cc2O1. The van der Waals surface area contributed by atoms with E-state index in [2.05, 4.69) is 16.4 Å². The number of para-hydroxylation sites is 1. The van der Waals surface area contributed by atoms with Crippen molar-refractivity contribution in [2.75, 3.05) is 5.32 Å². The second-order valence-corrected chi connectivity index (χ2v) is 9.42. The first-order valence-corrected chi connectivity index (χ1v) is 12.4. The van der Waals surface area contributed by atoms with Crippen LogP contribution in [0.25, 0.3) is 10.9 Å². The van der Waals surface area contributed by atoms with Crippen LogP contribution in [-0.2, 0) is 18.0 Å². The van der Waals surface area contributed by atoms with Crippen LogP contribution < -0.4 is 19.5 Å². The summed E-state index contributed by atoms with van der Waals surface area (Å²) in [5.74, 6) is 1.07. The molecule has 0 amide bonds. The van der Waals surface area contributed by atoms with Gasteiger partial charge in [0.1, 0.15) is 30.5 Å². The van der Waals surface area contributed by atoms with Crippen molar-refractivity contribution in [1.82, 2.24) is 4.98 Å². The molecule has 2 heterocycles. The van der Waals surface area contributed by atoms with E-state index in [1.807, 2.05) is 86.6 Å². The van der Waals surface area contributed by atoms with Crippen LogP contribution in [0, 0.1) is 5.92 Å². The average molecular weight is 499 g/mol. The number of nitrogens with zero attached hydrogens (tertiary/aromatic N) is 1. The van der Waals surface area contributed by atoms with Gasteiger partial charge in [-0.2, -0.15) is 0 Å². The Balaban J connectivity index is 1.19. The topological polar surface area (TPSA) is 89.9 Å². The number of fused-ring (bicyclic) bond motifs is 2. The van der Waals surface area contributed by atoms with E-state index in [1.54, 1.807) is 0 Å². The quantitative estimate of drug-likeness (QED) is 0.261. The molecule has 0 radical (unpaired) electrons. The van der Waals surface area contributed by atoms with Gasteiger partial charge in [-0.1, -0.05) is 43.3 Å². The highest BCUT2D eigenvalue weighted by Crippen LogP contribution is 2.43. The van der Waals surface area contributed by atoms with Crippen molar-refractivity contribution in [3.8, 4) is 17.2 Å². The fraction of sp³-hybridized carbons (Fsp3) is 0.267. The van der Waals surface area contributed by atoms with Gasteiger partial charge in [0.15, 0.2) is 5.72 Å². The summed E-state index contributed by atoms with van der Waals surface area (Å²) in [7, 11) is 0. The second kappa shape index (κ2) is 10.4. The summed E-state index contributed by atoms with van der Waals surface area (Å²) in [5, 5.41) is 13.7. The molecule has 1 aliphatic rings. The molecule has 1 aliphatic heterocycles. The summed E-state index contributed by atoms with van der Waals surface area (Å²) in [6, 6.07) is 25.5. The number of aromatic nitrogens is 1. The third-order valence-corrected chi connectivity index (χ3v) is 6.70. The van der Waals surface area contributed by atoms with E-state index in [1.165, 1.54) is 0 Å². The van der Waals surface area contributed by atoms with E-state index < -0.39 is 11.7 Å². The first kappa shape index (κ1) is 24.4. The van der Waals surface area contributed by atoms with Gasteiger partial charge < -0.3 is 24.6 Å². The Morgan fingerprint density at radius 1 is 1.00 bits per heavy atom. The van der Waals surface area contributed by atoms with Crippen LogP contribution in [0.2, 0.25) is 0 Å². The predicted molar refractivity (Wildman–Crippen MR) is 142 cm³/mol. The second-order valence-electron chi connectivity index (χ2n) is 9.42. The molecule has 2 atom stereocenters. The van der Waals surface area contributed by atoms with Crippen LogP contribution >= 0.6 is 0 Å². The minimum atomic E-state index is -0.835. The lowest BCUT2D eigenvalue weighted by atomic mass is 9.91. The maximum absolute atomic E-state index is 11.3. The Morgan fingerprint density at radius 3 is 2.65 bits per heavy atom. The molecule has 0 spiro atoms. The number of ether oxygens (including phenoxy) is 3. The Bertz CT molecular complexity index is 1420. The van der Waals surface area contributed by atoms with E-state index in [0.29, 0.717) is 31.1 Å². The van der Waals surface area contributed by atoms with Gasteiger partial charge in [0, 0.05) is 17.4 Å². The molecule has 7 nitrogen and oxygen atoms in total. The number of carboxylic acid groups (broad SMARTS) is 1. The zero-order valence-electron chi connectivity index (χ0n) is 20.9. The minimum absolute atomic E-state index is 0.0344. The number of carbonyl (C=O) groups is 1. The standard InChI is InChI=1S/C30H30N2O5/c1-3-22(16-29(33)34)30(2)32-27-14-13-25(17-28(27)37-30)35-18-20-7-6-9-24(15-20)36-19-23-12-11-21-8-4-5-10-26(21)31-23/h4-15,17,22,32H,3,16,18-19H2,1-2H3,(H,33,34). The lowest BCUT2D eigenvalue weighted by Crippen LogP contribution is -2.45. The molecule has 0 bridgehead atoms. The predicted octanol–water partition coefficient (Wildman–Crippen LogP) is 6.41. The van der Waals surface area contributed by atoms with Crippen LogP contribution in [0.4, 0.5) is 5.69 Å².